The minimum Gasteiger partial charge on any atom is -0.330 e. The summed E-state index contributed by atoms with van der Waals surface area (Å²) in [7, 11) is -3.61. The van der Waals surface area contributed by atoms with Gasteiger partial charge in [-0.25, -0.2) is 8.42 Å². The molecular weight excluding hydrogens is 356 g/mol. The first-order chi connectivity index (χ1) is 12.8. The molecule has 0 spiro atoms. The van der Waals surface area contributed by atoms with Gasteiger partial charge in [0, 0.05) is 6.54 Å². The van der Waals surface area contributed by atoms with Crippen molar-refractivity contribution in [3.8, 4) is 0 Å². The van der Waals surface area contributed by atoms with Crippen molar-refractivity contribution in [2.45, 2.75) is 56.9 Å². The van der Waals surface area contributed by atoms with Crippen molar-refractivity contribution in [3.63, 3.8) is 0 Å². The number of hydrogen-bond acceptors (Lipinski definition) is 3. The highest BCUT2D eigenvalue weighted by Gasteiger charge is 2.54. The lowest BCUT2D eigenvalue weighted by Crippen LogP contribution is -2.41. The summed E-state index contributed by atoms with van der Waals surface area (Å²) in [6, 6.07) is 14.0. The molecule has 0 unspecified atom stereocenters. The standard InChI is InChI=1S/C22H30N2O2S/c1-17-15-18(2)21(19(3)16-17)27(25,26)24(14-8-7-13-23)22(11-12-22)20-9-5-4-6-10-20/h4-6,9-10,15-16H,7-8,11-14,23H2,1-3H3. The van der Waals surface area contributed by atoms with Crippen molar-refractivity contribution in [1.82, 2.24) is 4.31 Å². The van der Waals surface area contributed by atoms with Gasteiger partial charge in [0.15, 0.2) is 0 Å². The molecule has 3 rings (SSSR count). The molecule has 0 bridgehead atoms. The lowest BCUT2D eigenvalue weighted by Gasteiger charge is -2.33. The molecule has 2 N–H and O–H groups in total. The molecule has 5 heteroatoms. The Labute approximate surface area is 163 Å². The fourth-order valence-electron chi connectivity index (χ4n) is 4.20. The zero-order chi connectivity index (χ0) is 19.7. The molecule has 0 saturated heterocycles. The maximum absolute atomic E-state index is 13.8. The zero-order valence-electron chi connectivity index (χ0n) is 16.5. The van der Waals surface area contributed by atoms with Crippen LogP contribution in [0.4, 0.5) is 0 Å². The first kappa shape index (κ1) is 20.1. The molecule has 0 heterocycles. The second-order valence-electron chi connectivity index (χ2n) is 7.70. The Bertz CT molecular complexity index is 880. The van der Waals surface area contributed by atoms with Gasteiger partial charge in [-0.1, -0.05) is 48.0 Å². The van der Waals surface area contributed by atoms with Gasteiger partial charge in [0.2, 0.25) is 10.0 Å². The minimum absolute atomic E-state index is 0.418. The topological polar surface area (TPSA) is 63.4 Å². The number of sulfonamides is 1. The van der Waals surface area contributed by atoms with E-state index in [0.29, 0.717) is 18.0 Å². The van der Waals surface area contributed by atoms with Gasteiger partial charge in [0.05, 0.1) is 10.4 Å². The molecule has 2 aromatic rings. The zero-order valence-corrected chi connectivity index (χ0v) is 17.3. The Morgan fingerprint density at radius 1 is 1.00 bits per heavy atom. The Morgan fingerprint density at radius 3 is 2.11 bits per heavy atom. The second kappa shape index (κ2) is 7.74. The van der Waals surface area contributed by atoms with E-state index in [4.69, 9.17) is 5.73 Å². The number of rotatable bonds is 8. The van der Waals surface area contributed by atoms with Crippen molar-refractivity contribution in [2.24, 2.45) is 5.73 Å². The van der Waals surface area contributed by atoms with Crippen molar-refractivity contribution in [1.29, 1.82) is 0 Å². The molecular formula is C22H30N2O2S. The second-order valence-corrected chi connectivity index (χ2v) is 9.50. The highest BCUT2D eigenvalue weighted by atomic mass is 32.2. The van der Waals surface area contributed by atoms with Crippen molar-refractivity contribution in [2.75, 3.05) is 13.1 Å². The SMILES string of the molecule is Cc1cc(C)c(S(=O)(=O)N(CCCCN)C2(c3ccccc3)CC2)c(C)c1. The van der Waals surface area contributed by atoms with E-state index >= 15 is 0 Å². The van der Waals surface area contributed by atoms with Crippen molar-refractivity contribution >= 4 is 10.0 Å². The third-order valence-electron chi connectivity index (χ3n) is 5.48. The van der Waals surface area contributed by atoms with E-state index in [9.17, 15) is 8.42 Å². The van der Waals surface area contributed by atoms with Crippen LogP contribution in [0.5, 0.6) is 0 Å². The molecule has 146 valence electrons. The summed E-state index contributed by atoms with van der Waals surface area (Å²) in [6.07, 6.45) is 3.32. The lowest BCUT2D eigenvalue weighted by atomic mass is 10.0. The lowest BCUT2D eigenvalue weighted by molar-refractivity contribution is 0.297. The Kier molecular flexibility index (Phi) is 5.75. The van der Waals surface area contributed by atoms with Gasteiger partial charge in [-0.15, -0.1) is 0 Å². The molecule has 1 aliphatic carbocycles. The van der Waals surface area contributed by atoms with E-state index in [2.05, 4.69) is 0 Å². The minimum atomic E-state index is -3.61. The van der Waals surface area contributed by atoms with Gasteiger partial charge in [-0.3, -0.25) is 0 Å². The smallest absolute Gasteiger partial charge is 0.244 e. The molecule has 1 aliphatic rings. The molecule has 0 aliphatic heterocycles. The van der Waals surface area contributed by atoms with Gasteiger partial charge < -0.3 is 5.73 Å². The molecule has 1 saturated carbocycles. The average Bonchev–Trinajstić information content (AvgIpc) is 3.39. The number of unbranched alkanes of at least 4 members (excludes halogenated alkanes) is 1. The fourth-order valence-corrected chi connectivity index (χ4v) is 6.47. The van der Waals surface area contributed by atoms with Gasteiger partial charge in [-0.05, 0) is 69.7 Å². The van der Waals surface area contributed by atoms with Gasteiger partial charge in [0.1, 0.15) is 0 Å². The summed E-state index contributed by atoms with van der Waals surface area (Å²) >= 11 is 0. The summed E-state index contributed by atoms with van der Waals surface area (Å²) in [5.74, 6) is 0. The average molecular weight is 387 g/mol. The summed E-state index contributed by atoms with van der Waals surface area (Å²) in [6.45, 7) is 6.87. The van der Waals surface area contributed by atoms with E-state index in [1.54, 1.807) is 4.31 Å². The van der Waals surface area contributed by atoms with Crippen LogP contribution in [0.3, 0.4) is 0 Å². The van der Waals surface area contributed by atoms with Crippen LogP contribution in [0.2, 0.25) is 0 Å². The molecule has 0 amide bonds. The molecule has 1 fully saturated rings. The number of aryl methyl sites for hydroxylation is 3. The molecule has 2 aromatic carbocycles. The van der Waals surface area contributed by atoms with Crippen molar-refractivity contribution < 1.29 is 8.42 Å². The summed E-state index contributed by atoms with van der Waals surface area (Å²) in [5, 5.41) is 0. The molecule has 27 heavy (non-hydrogen) atoms. The first-order valence-corrected chi connectivity index (χ1v) is 11.1. The van der Waals surface area contributed by atoms with E-state index in [1.165, 1.54) is 0 Å². The number of nitrogens with zero attached hydrogens (tertiary/aromatic N) is 1. The fraction of sp³-hybridized carbons (Fsp3) is 0.455. The van der Waals surface area contributed by atoms with E-state index in [1.807, 2.05) is 63.2 Å². The van der Waals surface area contributed by atoms with Crippen molar-refractivity contribution in [3.05, 3.63) is 64.7 Å². The Hall–Kier alpha value is -1.69. The third kappa shape index (κ3) is 3.82. The maximum Gasteiger partial charge on any atom is 0.244 e. The normalized spacial score (nSPS) is 15.9. The predicted molar refractivity (Wildman–Crippen MR) is 110 cm³/mol. The van der Waals surface area contributed by atoms with Crippen LogP contribution in [0.15, 0.2) is 47.4 Å². The van der Waals surface area contributed by atoms with Gasteiger partial charge in [-0.2, -0.15) is 4.31 Å². The largest absolute Gasteiger partial charge is 0.330 e. The predicted octanol–water partition coefficient (Wildman–Crippen LogP) is 4.03. The van der Waals surface area contributed by atoms with E-state index in [-0.39, 0.29) is 0 Å². The van der Waals surface area contributed by atoms with E-state index < -0.39 is 15.6 Å². The summed E-state index contributed by atoms with van der Waals surface area (Å²) < 4.78 is 29.4. The first-order valence-electron chi connectivity index (χ1n) is 9.69. The molecule has 4 nitrogen and oxygen atoms in total. The molecule has 0 atom stereocenters. The van der Waals surface area contributed by atoms with Crippen LogP contribution in [-0.2, 0) is 15.6 Å². The van der Waals surface area contributed by atoms with Gasteiger partial charge >= 0.3 is 0 Å². The molecule has 0 radical (unpaired) electrons. The quantitative estimate of drug-likeness (QED) is 0.697. The van der Waals surface area contributed by atoms with Crippen LogP contribution in [-0.4, -0.2) is 25.8 Å². The van der Waals surface area contributed by atoms with Crippen LogP contribution in [0.25, 0.3) is 0 Å². The van der Waals surface area contributed by atoms with Crippen LogP contribution < -0.4 is 5.73 Å². The maximum atomic E-state index is 13.8. The third-order valence-corrected chi connectivity index (χ3v) is 7.75. The number of benzene rings is 2. The highest BCUT2D eigenvalue weighted by molar-refractivity contribution is 7.89. The van der Waals surface area contributed by atoms with Gasteiger partial charge in [0.25, 0.3) is 0 Å². The van der Waals surface area contributed by atoms with Crippen LogP contribution in [0, 0.1) is 20.8 Å². The van der Waals surface area contributed by atoms with Crippen LogP contribution >= 0.6 is 0 Å². The highest BCUT2D eigenvalue weighted by Crippen LogP contribution is 2.53. The number of nitrogens with two attached hydrogens (primary N) is 1. The molecule has 0 aromatic heterocycles. The Morgan fingerprint density at radius 2 is 1.59 bits per heavy atom. The Balaban J connectivity index is 2.09. The monoisotopic (exact) mass is 386 g/mol. The number of hydrogen-bond donors (Lipinski definition) is 1. The van der Waals surface area contributed by atoms with Crippen LogP contribution in [0.1, 0.15) is 47.9 Å². The summed E-state index contributed by atoms with van der Waals surface area (Å²) in [5.41, 5.74) is 9.06. The van der Waals surface area contributed by atoms with E-state index in [0.717, 1.165) is 47.9 Å². The summed E-state index contributed by atoms with van der Waals surface area (Å²) in [4.78, 5) is 0.461.